The fraction of sp³-hybridized carbons (Fsp3) is 0.500. The van der Waals surface area contributed by atoms with Gasteiger partial charge in [0.1, 0.15) is 5.82 Å². The third-order valence-corrected chi connectivity index (χ3v) is 2.88. The molecule has 2 N–H and O–H groups in total. The highest BCUT2D eigenvalue weighted by Gasteiger charge is 2.17. The summed E-state index contributed by atoms with van der Waals surface area (Å²) in [7, 11) is 1.61. The third-order valence-electron chi connectivity index (χ3n) is 2.88. The monoisotopic (exact) mass is 265 g/mol. The third kappa shape index (κ3) is 4.19. The highest BCUT2D eigenvalue weighted by molar-refractivity contribution is 5.55. The summed E-state index contributed by atoms with van der Waals surface area (Å²) in [6, 6.07) is 6.59. The molecule has 0 heterocycles. The topological polar surface area (TPSA) is 62.3 Å². The second-order valence-corrected chi connectivity index (χ2v) is 4.35. The number of methoxy groups -OCH3 is 1. The number of ether oxygens (including phenoxy) is 1. The molecule has 0 radical (unpaired) electrons. The Labute approximate surface area is 113 Å². The van der Waals surface area contributed by atoms with Crippen molar-refractivity contribution in [2.45, 2.75) is 19.4 Å². The number of hydrogen-bond acceptors (Lipinski definition) is 4. The van der Waals surface area contributed by atoms with E-state index in [4.69, 9.17) is 15.7 Å². The van der Waals surface area contributed by atoms with E-state index < -0.39 is 6.04 Å². The predicted octanol–water partition coefficient (Wildman–Crippen LogP) is 2.21. The smallest absolute Gasteiger partial charge is 0.130 e. The SMILES string of the molecule is COCCN(CCC#N)c1cccc(F)c1[C@@H](C)N. The number of rotatable bonds is 7. The van der Waals surface area contributed by atoms with Gasteiger partial charge in [0.25, 0.3) is 0 Å². The number of nitrogens with two attached hydrogens (primary N) is 1. The van der Waals surface area contributed by atoms with Crippen LogP contribution in [-0.4, -0.2) is 26.8 Å². The molecule has 0 aliphatic carbocycles. The van der Waals surface area contributed by atoms with Gasteiger partial charge in [0.05, 0.1) is 19.1 Å². The maximum Gasteiger partial charge on any atom is 0.130 e. The van der Waals surface area contributed by atoms with Crippen LogP contribution in [0.5, 0.6) is 0 Å². The zero-order valence-corrected chi connectivity index (χ0v) is 11.4. The number of benzene rings is 1. The molecule has 0 spiro atoms. The van der Waals surface area contributed by atoms with E-state index in [2.05, 4.69) is 6.07 Å². The molecule has 0 aliphatic heterocycles. The Bertz CT molecular complexity index is 443. The number of nitriles is 1. The molecule has 0 aliphatic rings. The average molecular weight is 265 g/mol. The summed E-state index contributed by atoms with van der Waals surface area (Å²) in [6.45, 7) is 3.39. The van der Waals surface area contributed by atoms with E-state index >= 15 is 0 Å². The van der Waals surface area contributed by atoms with Gasteiger partial charge in [-0.15, -0.1) is 0 Å². The second-order valence-electron chi connectivity index (χ2n) is 4.35. The minimum absolute atomic E-state index is 0.313. The van der Waals surface area contributed by atoms with Crippen molar-refractivity contribution in [1.29, 1.82) is 5.26 Å². The minimum Gasteiger partial charge on any atom is -0.383 e. The molecule has 4 nitrogen and oxygen atoms in total. The second kappa shape index (κ2) is 7.72. The van der Waals surface area contributed by atoms with E-state index in [1.54, 1.807) is 20.1 Å². The maximum atomic E-state index is 13.9. The van der Waals surface area contributed by atoms with Crippen molar-refractivity contribution in [2.75, 3.05) is 31.7 Å². The van der Waals surface area contributed by atoms with Crippen molar-refractivity contribution in [3.8, 4) is 6.07 Å². The minimum atomic E-state index is -0.400. The highest BCUT2D eigenvalue weighted by atomic mass is 19.1. The number of halogens is 1. The number of hydrogen-bond donors (Lipinski definition) is 1. The molecule has 1 aromatic carbocycles. The first-order chi connectivity index (χ1) is 9.11. The van der Waals surface area contributed by atoms with Crippen LogP contribution in [0.15, 0.2) is 18.2 Å². The van der Waals surface area contributed by atoms with E-state index in [0.717, 1.165) is 5.69 Å². The summed E-state index contributed by atoms with van der Waals surface area (Å²) in [5.41, 5.74) is 7.07. The van der Waals surface area contributed by atoms with Crippen LogP contribution >= 0.6 is 0 Å². The first-order valence-corrected chi connectivity index (χ1v) is 6.26. The van der Waals surface area contributed by atoms with Crippen molar-refractivity contribution < 1.29 is 9.13 Å². The van der Waals surface area contributed by atoms with Crippen LogP contribution in [-0.2, 0) is 4.74 Å². The fourth-order valence-electron chi connectivity index (χ4n) is 1.99. The molecule has 0 aromatic heterocycles. The number of anilines is 1. The molecule has 0 saturated carbocycles. The van der Waals surface area contributed by atoms with Gasteiger partial charge >= 0.3 is 0 Å². The molecule has 5 heteroatoms. The lowest BCUT2D eigenvalue weighted by Gasteiger charge is -2.27. The van der Waals surface area contributed by atoms with Gasteiger partial charge < -0.3 is 15.4 Å². The van der Waals surface area contributed by atoms with Crippen molar-refractivity contribution in [2.24, 2.45) is 5.73 Å². The Morgan fingerprint density at radius 1 is 1.47 bits per heavy atom. The van der Waals surface area contributed by atoms with E-state index in [1.807, 2.05) is 11.0 Å². The standard InChI is InChI=1S/C14H20FN3O/c1-11(17)14-12(15)5-3-6-13(14)18(8-4-7-16)9-10-19-2/h3,5-6,11H,4,8-10,17H2,1-2H3/t11-/m1/s1. The van der Waals surface area contributed by atoms with Crippen LogP contribution in [0.1, 0.15) is 24.9 Å². The first kappa shape index (κ1) is 15.4. The van der Waals surface area contributed by atoms with Gasteiger partial charge in [0.15, 0.2) is 0 Å². The zero-order valence-electron chi connectivity index (χ0n) is 11.4. The summed E-state index contributed by atoms with van der Waals surface area (Å²) in [4.78, 5) is 1.94. The largest absolute Gasteiger partial charge is 0.383 e. The Balaban J connectivity index is 3.06. The molecule has 1 atom stereocenters. The lowest BCUT2D eigenvalue weighted by molar-refractivity contribution is 0.205. The van der Waals surface area contributed by atoms with Crippen LogP contribution in [0.2, 0.25) is 0 Å². The summed E-state index contributed by atoms with van der Waals surface area (Å²) in [6.07, 6.45) is 0.374. The quantitative estimate of drug-likeness (QED) is 0.821. The normalized spacial score (nSPS) is 11.9. The van der Waals surface area contributed by atoms with Crippen molar-refractivity contribution in [3.63, 3.8) is 0 Å². The molecule has 1 rings (SSSR count). The molecular formula is C14H20FN3O. The van der Waals surface area contributed by atoms with Gasteiger partial charge in [-0.1, -0.05) is 6.07 Å². The van der Waals surface area contributed by atoms with E-state index in [9.17, 15) is 4.39 Å². The highest BCUT2D eigenvalue weighted by Crippen LogP contribution is 2.27. The van der Waals surface area contributed by atoms with Gasteiger partial charge in [0, 0.05) is 37.5 Å². The van der Waals surface area contributed by atoms with Crippen molar-refractivity contribution in [3.05, 3.63) is 29.6 Å². The maximum absolute atomic E-state index is 13.9. The average Bonchev–Trinajstić information content (AvgIpc) is 2.38. The summed E-state index contributed by atoms with van der Waals surface area (Å²) in [5, 5.41) is 8.71. The van der Waals surface area contributed by atoms with Crippen LogP contribution in [0.4, 0.5) is 10.1 Å². The Morgan fingerprint density at radius 2 is 2.21 bits per heavy atom. The van der Waals surface area contributed by atoms with Crippen LogP contribution < -0.4 is 10.6 Å². The van der Waals surface area contributed by atoms with Crippen LogP contribution in [0.3, 0.4) is 0 Å². The molecule has 1 aromatic rings. The van der Waals surface area contributed by atoms with Crippen molar-refractivity contribution in [1.82, 2.24) is 0 Å². The van der Waals surface area contributed by atoms with Crippen LogP contribution in [0.25, 0.3) is 0 Å². The molecule has 0 amide bonds. The lowest BCUT2D eigenvalue weighted by Crippen LogP contribution is -2.30. The Kier molecular flexibility index (Phi) is 6.26. The molecule has 0 fully saturated rings. The Morgan fingerprint density at radius 3 is 2.79 bits per heavy atom. The molecular weight excluding hydrogens is 245 g/mol. The predicted molar refractivity (Wildman–Crippen MR) is 73.3 cm³/mol. The zero-order chi connectivity index (χ0) is 14.3. The number of nitrogens with zero attached hydrogens (tertiary/aromatic N) is 2. The molecule has 0 bridgehead atoms. The fourth-order valence-corrected chi connectivity index (χ4v) is 1.99. The molecule has 19 heavy (non-hydrogen) atoms. The van der Waals surface area contributed by atoms with Crippen molar-refractivity contribution >= 4 is 5.69 Å². The first-order valence-electron chi connectivity index (χ1n) is 6.26. The van der Waals surface area contributed by atoms with Crippen LogP contribution in [0, 0.1) is 17.1 Å². The molecule has 0 saturated heterocycles. The van der Waals surface area contributed by atoms with E-state index in [1.165, 1.54) is 6.07 Å². The summed E-state index contributed by atoms with van der Waals surface area (Å²) >= 11 is 0. The molecule has 0 unspecified atom stereocenters. The van der Waals surface area contributed by atoms with E-state index in [-0.39, 0.29) is 5.82 Å². The van der Waals surface area contributed by atoms with Gasteiger partial charge in [-0.25, -0.2) is 4.39 Å². The van der Waals surface area contributed by atoms with Gasteiger partial charge in [-0.05, 0) is 19.1 Å². The summed E-state index contributed by atoms with van der Waals surface area (Å²) < 4.78 is 19.0. The Hall–Kier alpha value is -1.64. The lowest BCUT2D eigenvalue weighted by atomic mass is 10.0. The summed E-state index contributed by atoms with van der Waals surface area (Å²) in [5.74, 6) is -0.313. The van der Waals surface area contributed by atoms with Gasteiger partial charge in [-0.2, -0.15) is 5.26 Å². The molecule has 104 valence electrons. The van der Waals surface area contributed by atoms with Gasteiger partial charge in [0.2, 0.25) is 0 Å². The van der Waals surface area contributed by atoms with E-state index in [0.29, 0.717) is 31.7 Å². The van der Waals surface area contributed by atoms with Gasteiger partial charge in [-0.3, -0.25) is 0 Å².